The van der Waals surface area contributed by atoms with Crippen molar-refractivity contribution >= 4 is 11.8 Å². The lowest BCUT2D eigenvalue weighted by Gasteiger charge is -2.37. The Hall–Kier alpha value is -2.67. The van der Waals surface area contributed by atoms with Crippen LogP contribution in [0.4, 0.5) is 0 Å². The molecule has 1 aromatic carbocycles. The fourth-order valence-electron chi connectivity index (χ4n) is 4.63. The first-order valence-corrected chi connectivity index (χ1v) is 11.7. The lowest BCUT2D eigenvalue weighted by molar-refractivity contribution is -0.147. The van der Waals surface area contributed by atoms with Gasteiger partial charge in [0, 0.05) is 41.4 Å². The van der Waals surface area contributed by atoms with Crippen LogP contribution in [0.5, 0.6) is 5.75 Å². The SMILES string of the molecule is CO[C@H]1CN(C)C(=O)c2cccc(C#N)c2OC[C@@H]2O[C@H](CC[C@H]2OC)CCN(C)C(=O)[C@H]1C. The Kier molecular flexibility index (Phi) is 8.89. The smallest absolute Gasteiger partial charge is 0.257 e. The maximum absolute atomic E-state index is 13.4. The molecule has 3 rings (SSSR count). The molecular formula is C25H35N3O6. The average Bonchev–Trinajstić information content (AvgIpc) is 2.86. The highest BCUT2D eigenvalue weighted by Gasteiger charge is 2.34. The molecule has 34 heavy (non-hydrogen) atoms. The standard InChI is InChI=1S/C25H35N3O6/c1-16-21(32-5)14-28(3)25(30)19-8-6-7-17(13-26)23(19)33-15-22-20(31-4)10-9-18(34-22)11-12-27(2)24(16)29/h6-8,16,18,20-22H,9-12,14-15H2,1-5H3/t16-,18+,20+,21-,22-/m0/s1. The number of nitriles is 1. The van der Waals surface area contributed by atoms with Gasteiger partial charge in [-0.25, -0.2) is 0 Å². The van der Waals surface area contributed by atoms with Gasteiger partial charge in [-0.15, -0.1) is 0 Å². The lowest BCUT2D eigenvalue weighted by Crippen LogP contribution is -2.47. The molecule has 2 heterocycles. The minimum Gasteiger partial charge on any atom is -0.489 e. The molecule has 0 radical (unpaired) electrons. The van der Waals surface area contributed by atoms with Gasteiger partial charge in [0.25, 0.3) is 5.91 Å². The molecule has 2 aliphatic heterocycles. The molecule has 2 bridgehead atoms. The number of para-hydroxylation sites is 1. The topological polar surface area (TPSA) is 101 Å². The predicted molar refractivity (Wildman–Crippen MR) is 125 cm³/mol. The average molecular weight is 474 g/mol. The molecule has 0 aliphatic carbocycles. The highest BCUT2D eigenvalue weighted by Crippen LogP contribution is 2.29. The molecule has 186 valence electrons. The number of methoxy groups -OCH3 is 2. The molecule has 2 amide bonds. The van der Waals surface area contributed by atoms with Crippen molar-refractivity contribution in [3.05, 3.63) is 29.3 Å². The normalized spacial score (nSPS) is 29.2. The summed E-state index contributed by atoms with van der Waals surface area (Å²) in [5.41, 5.74) is 0.552. The summed E-state index contributed by atoms with van der Waals surface area (Å²) >= 11 is 0. The molecule has 0 unspecified atom stereocenters. The van der Waals surface area contributed by atoms with Crippen LogP contribution >= 0.6 is 0 Å². The fraction of sp³-hybridized carbons (Fsp3) is 0.640. The van der Waals surface area contributed by atoms with E-state index in [-0.39, 0.29) is 60.2 Å². The van der Waals surface area contributed by atoms with Crippen molar-refractivity contribution < 1.29 is 28.5 Å². The lowest BCUT2D eigenvalue weighted by atomic mass is 9.98. The van der Waals surface area contributed by atoms with Gasteiger partial charge in [-0.05, 0) is 31.4 Å². The van der Waals surface area contributed by atoms with E-state index >= 15 is 0 Å². The van der Waals surface area contributed by atoms with Crippen LogP contribution < -0.4 is 4.74 Å². The van der Waals surface area contributed by atoms with E-state index in [1.165, 1.54) is 12.0 Å². The summed E-state index contributed by atoms with van der Waals surface area (Å²) in [7, 11) is 6.61. The third-order valence-corrected chi connectivity index (χ3v) is 6.83. The quantitative estimate of drug-likeness (QED) is 0.648. The number of amides is 2. The number of benzene rings is 1. The van der Waals surface area contributed by atoms with Crippen LogP contribution in [0.3, 0.4) is 0 Å². The zero-order chi connectivity index (χ0) is 24.8. The fourth-order valence-corrected chi connectivity index (χ4v) is 4.63. The zero-order valence-electron chi connectivity index (χ0n) is 20.7. The summed E-state index contributed by atoms with van der Waals surface area (Å²) in [5, 5.41) is 9.66. The Morgan fingerprint density at radius 1 is 1.06 bits per heavy atom. The Bertz CT molecular complexity index is 916. The zero-order valence-corrected chi connectivity index (χ0v) is 20.7. The van der Waals surface area contributed by atoms with Crippen LogP contribution in [-0.2, 0) is 19.0 Å². The largest absolute Gasteiger partial charge is 0.489 e. The summed E-state index contributed by atoms with van der Waals surface area (Å²) in [4.78, 5) is 29.7. The van der Waals surface area contributed by atoms with Gasteiger partial charge in [-0.2, -0.15) is 5.26 Å². The first kappa shape index (κ1) is 25.9. The molecule has 5 atom stereocenters. The van der Waals surface area contributed by atoms with Gasteiger partial charge in [-0.3, -0.25) is 9.59 Å². The van der Waals surface area contributed by atoms with Crippen molar-refractivity contribution in [3.8, 4) is 11.8 Å². The summed E-state index contributed by atoms with van der Waals surface area (Å²) in [6.07, 6.45) is 1.25. The summed E-state index contributed by atoms with van der Waals surface area (Å²) in [6, 6.07) is 7.04. The monoisotopic (exact) mass is 473 g/mol. The van der Waals surface area contributed by atoms with Gasteiger partial charge in [0.15, 0.2) is 0 Å². The van der Waals surface area contributed by atoms with Crippen molar-refractivity contribution in [2.45, 2.75) is 50.6 Å². The maximum Gasteiger partial charge on any atom is 0.257 e. The van der Waals surface area contributed by atoms with E-state index in [4.69, 9.17) is 18.9 Å². The van der Waals surface area contributed by atoms with Crippen LogP contribution in [0.25, 0.3) is 0 Å². The Balaban J connectivity index is 1.98. The van der Waals surface area contributed by atoms with E-state index in [0.29, 0.717) is 13.0 Å². The van der Waals surface area contributed by atoms with Crippen LogP contribution in [0, 0.1) is 17.2 Å². The molecule has 1 fully saturated rings. The van der Waals surface area contributed by atoms with E-state index in [9.17, 15) is 14.9 Å². The van der Waals surface area contributed by atoms with E-state index in [1.807, 2.05) is 6.92 Å². The number of fused-ring (bicyclic) bond motifs is 3. The summed E-state index contributed by atoms with van der Waals surface area (Å²) in [6.45, 7) is 2.72. The van der Waals surface area contributed by atoms with Gasteiger partial charge in [-0.1, -0.05) is 13.0 Å². The van der Waals surface area contributed by atoms with E-state index in [0.717, 1.165) is 12.8 Å². The Morgan fingerprint density at radius 2 is 1.79 bits per heavy atom. The minimum atomic E-state index is -0.488. The molecule has 9 heteroatoms. The molecule has 9 nitrogen and oxygen atoms in total. The molecule has 1 saturated heterocycles. The molecule has 0 N–H and O–H groups in total. The van der Waals surface area contributed by atoms with Gasteiger partial charge < -0.3 is 28.7 Å². The number of nitrogens with zero attached hydrogens (tertiary/aromatic N) is 3. The molecule has 2 aliphatic rings. The third-order valence-electron chi connectivity index (χ3n) is 6.83. The van der Waals surface area contributed by atoms with Gasteiger partial charge in [0.2, 0.25) is 5.91 Å². The van der Waals surface area contributed by atoms with E-state index < -0.39 is 12.0 Å². The summed E-state index contributed by atoms with van der Waals surface area (Å²) < 4.78 is 23.6. The van der Waals surface area contributed by atoms with Crippen LogP contribution in [-0.4, -0.2) is 94.0 Å². The second-order valence-electron chi connectivity index (χ2n) is 9.05. The van der Waals surface area contributed by atoms with Crippen molar-refractivity contribution in [1.29, 1.82) is 5.26 Å². The number of hydrogen-bond donors (Lipinski definition) is 0. The van der Waals surface area contributed by atoms with Crippen molar-refractivity contribution in [2.75, 3.05) is 48.0 Å². The minimum absolute atomic E-state index is 0.0441. The second-order valence-corrected chi connectivity index (χ2v) is 9.05. The maximum atomic E-state index is 13.4. The molecular weight excluding hydrogens is 438 g/mol. The van der Waals surface area contributed by atoms with E-state index in [1.54, 1.807) is 44.3 Å². The number of carbonyl (C=O) groups is 2. The van der Waals surface area contributed by atoms with Crippen LogP contribution in [0.2, 0.25) is 0 Å². The highest BCUT2D eigenvalue weighted by molar-refractivity contribution is 5.97. The first-order valence-electron chi connectivity index (χ1n) is 11.7. The second kappa shape index (κ2) is 11.6. The van der Waals surface area contributed by atoms with Gasteiger partial charge >= 0.3 is 0 Å². The number of carbonyl (C=O) groups excluding carboxylic acids is 2. The van der Waals surface area contributed by atoms with Crippen molar-refractivity contribution in [3.63, 3.8) is 0 Å². The van der Waals surface area contributed by atoms with Crippen LogP contribution in [0.1, 0.15) is 42.1 Å². The van der Waals surface area contributed by atoms with Crippen molar-refractivity contribution in [2.24, 2.45) is 5.92 Å². The van der Waals surface area contributed by atoms with Crippen LogP contribution in [0.15, 0.2) is 18.2 Å². The van der Waals surface area contributed by atoms with Crippen molar-refractivity contribution in [1.82, 2.24) is 9.80 Å². The molecule has 1 aromatic rings. The Labute approximate surface area is 201 Å². The predicted octanol–water partition coefficient (Wildman–Crippen LogP) is 2.08. The third kappa shape index (κ3) is 5.69. The Morgan fingerprint density at radius 3 is 2.47 bits per heavy atom. The molecule has 0 aromatic heterocycles. The highest BCUT2D eigenvalue weighted by atomic mass is 16.6. The number of ether oxygens (including phenoxy) is 4. The number of hydrogen-bond acceptors (Lipinski definition) is 7. The number of likely N-dealkylation sites (N-methyl/N-ethyl adjacent to an activating group) is 1. The van der Waals surface area contributed by atoms with Gasteiger partial charge in [0.1, 0.15) is 24.5 Å². The van der Waals surface area contributed by atoms with E-state index in [2.05, 4.69) is 6.07 Å². The molecule has 0 saturated carbocycles. The summed E-state index contributed by atoms with van der Waals surface area (Å²) in [5.74, 6) is -0.582. The molecule has 0 spiro atoms. The number of rotatable bonds is 2. The van der Waals surface area contributed by atoms with Gasteiger partial charge in [0.05, 0.1) is 35.4 Å². The first-order chi connectivity index (χ1) is 16.3.